The van der Waals surface area contributed by atoms with E-state index in [4.69, 9.17) is 14.4 Å². The Balaban J connectivity index is 1.86. The molecule has 23 heavy (non-hydrogen) atoms. The maximum absolute atomic E-state index is 10.4. The molecule has 0 amide bonds. The summed E-state index contributed by atoms with van der Waals surface area (Å²) in [5, 5.41) is 12.4. The molecule has 1 aromatic heterocycles. The number of ether oxygens (including phenoxy) is 1. The number of hydrogen-bond donors (Lipinski definition) is 1. The van der Waals surface area contributed by atoms with E-state index >= 15 is 0 Å². The molecule has 1 heterocycles. The van der Waals surface area contributed by atoms with Crippen LogP contribution in [0.2, 0.25) is 0 Å². The first-order valence-corrected chi connectivity index (χ1v) is 7.06. The molecule has 0 aliphatic carbocycles. The highest BCUT2D eigenvalue weighted by atomic mass is 16.5. The summed E-state index contributed by atoms with van der Waals surface area (Å²) in [5.41, 5.74) is 1.07. The van der Waals surface area contributed by atoms with Crippen molar-refractivity contribution in [3.63, 3.8) is 0 Å². The minimum atomic E-state index is -0.995. The third kappa shape index (κ3) is 5.26. The Bertz CT molecular complexity index is 639. The fourth-order valence-electron chi connectivity index (χ4n) is 1.93. The van der Waals surface area contributed by atoms with Crippen molar-refractivity contribution >= 4 is 11.9 Å². The molecule has 0 radical (unpaired) electrons. The van der Waals surface area contributed by atoms with Crippen LogP contribution in [-0.4, -0.2) is 53.9 Å². The van der Waals surface area contributed by atoms with E-state index < -0.39 is 5.97 Å². The van der Waals surface area contributed by atoms with Gasteiger partial charge in [-0.05, 0) is 29.9 Å². The van der Waals surface area contributed by atoms with Gasteiger partial charge in [0.2, 0.25) is 5.89 Å². The predicted octanol–water partition coefficient (Wildman–Crippen LogP) is 1.23. The second-order valence-corrected chi connectivity index (χ2v) is 5.38. The van der Waals surface area contributed by atoms with Crippen LogP contribution in [0.3, 0.4) is 0 Å². The quantitative estimate of drug-likeness (QED) is 0.776. The summed E-state index contributed by atoms with van der Waals surface area (Å²) >= 11 is 0. The zero-order chi connectivity index (χ0) is 16.8. The highest BCUT2D eigenvalue weighted by molar-refractivity contribution is 5.68. The van der Waals surface area contributed by atoms with Crippen LogP contribution in [0.15, 0.2) is 28.8 Å². The number of carbonyl (C=O) groups is 1. The first kappa shape index (κ1) is 16.8. The monoisotopic (exact) mass is 320 g/mol. The molecule has 0 spiro atoms. The van der Waals surface area contributed by atoms with E-state index in [1.165, 1.54) is 0 Å². The summed E-state index contributed by atoms with van der Waals surface area (Å²) in [4.78, 5) is 18.5. The molecule has 1 N–H and O–H groups in total. The highest BCUT2D eigenvalue weighted by Crippen LogP contribution is 2.14. The number of hydrogen-bond acceptors (Lipinski definition) is 7. The lowest BCUT2D eigenvalue weighted by atomic mass is 10.2. The average Bonchev–Trinajstić information content (AvgIpc) is 2.95. The number of nitrogens with zero attached hydrogens (tertiary/aromatic N) is 4. The molecule has 8 heteroatoms. The average molecular weight is 320 g/mol. The van der Waals surface area contributed by atoms with Crippen LogP contribution < -0.4 is 9.64 Å². The van der Waals surface area contributed by atoms with Gasteiger partial charge < -0.3 is 19.3 Å². The molecule has 2 rings (SSSR count). The van der Waals surface area contributed by atoms with Gasteiger partial charge in [0.25, 0.3) is 5.95 Å². The van der Waals surface area contributed by atoms with E-state index in [0.29, 0.717) is 30.7 Å². The number of benzene rings is 1. The van der Waals surface area contributed by atoms with Gasteiger partial charge in [0.15, 0.2) is 6.61 Å². The zero-order valence-electron chi connectivity index (χ0n) is 13.4. The summed E-state index contributed by atoms with van der Waals surface area (Å²) in [7, 11) is 5.66. The molecule has 0 aliphatic rings. The molecule has 2 aromatic rings. The van der Waals surface area contributed by atoms with Crippen molar-refractivity contribution < 1.29 is 19.2 Å². The first-order chi connectivity index (χ1) is 10.9. The number of carboxylic acids is 1. The van der Waals surface area contributed by atoms with Crippen molar-refractivity contribution in [1.29, 1.82) is 0 Å². The number of rotatable bonds is 8. The molecule has 0 bridgehead atoms. The third-order valence-electron chi connectivity index (χ3n) is 3.00. The second kappa shape index (κ2) is 7.59. The van der Waals surface area contributed by atoms with Crippen LogP contribution in [0.25, 0.3) is 0 Å². The largest absolute Gasteiger partial charge is 0.482 e. The SMILES string of the molecule is CN(Cc1ccc(OCC(=O)O)cc1)Cc1nc(N(C)C)no1. The number of anilines is 1. The fourth-order valence-corrected chi connectivity index (χ4v) is 1.93. The van der Waals surface area contributed by atoms with Crippen molar-refractivity contribution in [2.75, 3.05) is 32.6 Å². The Morgan fingerprint density at radius 3 is 2.48 bits per heavy atom. The van der Waals surface area contributed by atoms with E-state index in [9.17, 15) is 4.79 Å². The Morgan fingerprint density at radius 2 is 1.91 bits per heavy atom. The molecule has 0 atom stereocenters. The fraction of sp³-hybridized carbons (Fsp3) is 0.400. The maximum atomic E-state index is 10.4. The lowest BCUT2D eigenvalue weighted by Gasteiger charge is -2.14. The molecule has 0 saturated carbocycles. The number of aromatic nitrogens is 2. The summed E-state index contributed by atoms with van der Waals surface area (Å²) in [6.07, 6.45) is 0. The molecule has 0 saturated heterocycles. The zero-order valence-corrected chi connectivity index (χ0v) is 13.4. The summed E-state index contributed by atoms with van der Waals surface area (Å²) < 4.78 is 10.3. The maximum Gasteiger partial charge on any atom is 0.341 e. The first-order valence-electron chi connectivity index (χ1n) is 7.06. The van der Waals surface area contributed by atoms with Crippen molar-refractivity contribution in [3.8, 4) is 5.75 Å². The van der Waals surface area contributed by atoms with Gasteiger partial charge in [-0.1, -0.05) is 12.1 Å². The minimum Gasteiger partial charge on any atom is -0.482 e. The van der Waals surface area contributed by atoms with E-state index in [2.05, 4.69) is 10.1 Å². The number of carboxylic acid groups (broad SMARTS) is 1. The van der Waals surface area contributed by atoms with Crippen LogP contribution in [-0.2, 0) is 17.9 Å². The topological polar surface area (TPSA) is 91.9 Å². The van der Waals surface area contributed by atoms with Crippen LogP contribution in [0, 0.1) is 0 Å². The van der Waals surface area contributed by atoms with E-state index in [1.54, 1.807) is 17.0 Å². The van der Waals surface area contributed by atoms with Crippen molar-refractivity contribution in [2.24, 2.45) is 0 Å². The van der Waals surface area contributed by atoms with Crippen molar-refractivity contribution in [2.45, 2.75) is 13.1 Å². The molecule has 124 valence electrons. The van der Waals surface area contributed by atoms with Crippen LogP contribution >= 0.6 is 0 Å². The summed E-state index contributed by atoms with van der Waals surface area (Å²) in [6.45, 7) is 0.890. The van der Waals surface area contributed by atoms with Crippen LogP contribution in [0.1, 0.15) is 11.5 Å². The van der Waals surface area contributed by atoms with E-state index in [-0.39, 0.29) is 6.61 Å². The van der Waals surface area contributed by atoms with Crippen molar-refractivity contribution in [3.05, 3.63) is 35.7 Å². The third-order valence-corrected chi connectivity index (χ3v) is 3.00. The lowest BCUT2D eigenvalue weighted by Crippen LogP contribution is -2.17. The van der Waals surface area contributed by atoms with Gasteiger partial charge in [-0.3, -0.25) is 4.90 Å². The van der Waals surface area contributed by atoms with E-state index in [1.807, 2.05) is 38.2 Å². The Morgan fingerprint density at radius 1 is 1.22 bits per heavy atom. The van der Waals surface area contributed by atoms with Gasteiger partial charge in [0, 0.05) is 20.6 Å². The van der Waals surface area contributed by atoms with Gasteiger partial charge in [-0.2, -0.15) is 4.98 Å². The Labute approximate surface area is 134 Å². The van der Waals surface area contributed by atoms with Gasteiger partial charge in [-0.15, -0.1) is 0 Å². The smallest absolute Gasteiger partial charge is 0.341 e. The second-order valence-electron chi connectivity index (χ2n) is 5.38. The van der Waals surface area contributed by atoms with Crippen LogP contribution in [0.4, 0.5) is 5.95 Å². The van der Waals surface area contributed by atoms with Gasteiger partial charge >= 0.3 is 5.97 Å². The Kier molecular flexibility index (Phi) is 5.53. The molecule has 0 fully saturated rings. The van der Waals surface area contributed by atoms with E-state index in [0.717, 1.165) is 5.56 Å². The minimum absolute atomic E-state index is 0.343. The van der Waals surface area contributed by atoms with Gasteiger partial charge in [0.1, 0.15) is 5.75 Å². The molecule has 0 aliphatic heterocycles. The molecular weight excluding hydrogens is 300 g/mol. The van der Waals surface area contributed by atoms with Gasteiger partial charge in [0.05, 0.1) is 6.54 Å². The summed E-state index contributed by atoms with van der Waals surface area (Å²) in [5.74, 6) is 0.641. The van der Waals surface area contributed by atoms with Gasteiger partial charge in [-0.25, -0.2) is 4.79 Å². The molecule has 8 nitrogen and oxygen atoms in total. The van der Waals surface area contributed by atoms with Crippen LogP contribution in [0.5, 0.6) is 5.75 Å². The summed E-state index contributed by atoms with van der Waals surface area (Å²) in [6, 6.07) is 7.30. The standard InChI is InChI=1S/C15H20N4O4/c1-18(2)15-16-13(23-17-15)9-19(3)8-11-4-6-12(7-5-11)22-10-14(20)21/h4-7H,8-10H2,1-3H3,(H,20,21). The molecular formula is C15H20N4O4. The normalized spacial score (nSPS) is 10.8. The molecule has 1 aromatic carbocycles. The Hall–Kier alpha value is -2.61. The lowest BCUT2D eigenvalue weighted by molar-refractivity contribution is -0.139. The highest BCUT2D eigenvalue weighted by Gasteiger charge is 2.10. The predicted molar refractivity (Wildman–Crippen MR) is 83.4 cm³/mol. The number of aliphatic carboxylic acids is 1. The molecule has 0 unspecified atom stereocenters. The van der Waals surface area contributed by atoms with Crippen molar-refractivity contribution in [1.82, 2.24) is 15.0 Å².